The van der Waals surface area contributed by atoms with E-state index in [1.54, 1.807) is 10.9 Å². The van der Waals surface area contributed by atoms with Gasteiger partial charge in [0, 0.05) is 49.8 Å². The van der Waals surface area contributed by atoms with Gasteiger partial charge in [-0.2, -0.15) is 0 Å². The summed E-state index contributed by atoms with van der Waals surface area (Å²) in [5.41, 5.74) is 6.93. The van der Waals surface area contributed by atoms with Crippen molar-refractivity contribution in [3.05, 3.63) is 117 Å². The number of hydrogen-bond donors (Lipinski definition) is 0. The first-order valence-corrected chi connectivity index (χ1v) is 17.9. The zero-order chi connectivity index (χ0) is 35.9. The lowest BCUT2D eigenvalue weighted by Crippen LogP contribution is -2.44. The molecule has 0 radical (unpaired) electrons. The Morgan fingerprint density at radius 3 is 2.67 bits per heavy atom. The highest BCUT2D eigenvalue weighted by atomic mass is 35.5. The van der Waals surface area contributed by atoms with Crippen molar-refractivity contribution >= 4 is 34.6 Å². The molecule has 3 atom stereocenters. The molecule has 2 aliphatic heterocycles. The highest BCUT2D eigenvalue weighted by molar-refractivity contribution is 6.35. The molecular weight excluding hydrogens is 664 g/mol. The summed E-state index contributed by atoms with van der Waals surface area (Å²) in [6.07, 6.45) is 1.65. The maximum atomic E-state index is 14.6. The zero-order valence-corrected chi connectivity index (χ0v) is 30.4. The first-order valence-electron chi connectivity index (χ1n) is 17.5. The molecule has 7 rings (SSSR count). The van der Waals surface area contributed by atoms with Gasteiger partial charge >= 0.3 is 6.09 Å². The van der Waals surface area contributed by atoms with Crippen molar-refractivity contribution in [2.45, 2.75) is 78.2 Å². The molecule has 10 nitrogen and oxygen atoms in total. The maximum absolute atomic E-state index is 14.6. The van der Waals surface area contributed by atoms with Crippen LogP contribution in [0.4, 0.5) is 4.79 Å². The SMILES string of the molecule is CCn1nnc2c(Cl)c([C@H](c3ccc(C)c(CN4Cc5cccnc5OC(C)(C)C4)c3)[C@@H](C)C(=O)N3C(=O)OCC3Cc3ccccc3)ccc21. The number of pyridine rings is 1. The van der Waals surface area contributed by atoms with E-state index in [1.807, 2.05) is 62.4 Å². The molecule has 2 amide bonds. The normalized spacial score (nSPS) is 18.5. The number of rotatable bonds is 9. The van der Waals surface area contributed by atoms with Crippen molar-refractivity contribution in [1.29, 1.82) is 0 Å². The predicted octanol–water partition coefficient (Wildman–Crippen LogP) is 7.34. The van der Waals surface area contributed by atoms with Gasteiger partial charge in [-0.15, -0.1) is 5.10 Å². The van der Waals surface area contributed by atoms with Gasteiger partial charge in [0.2, 0.25) is 11.8 Å². The molecule has 0 N–H and O–H groups in total. The average molecular weight is 707 g/mol. The van der Waals surface area contributed by atoms with Gasteiger partial charge in [0.15, 0.2) is 0 Å². The third kappa shape index (κ3) is 6.95. The van der Waals surface area contributed by atoms with Gasteiger partial charge in [-0.3, -0.25) is 9.69 Å². The van der Waals surface area contributed by atoms with Crippen molar-refractivity contribution in [1.82, 2.24) is 29.8 Å². The molecule has 264 valence electrons. The van der Waals surface area contributed by atoms with E-state index in [9.17, 15) is 9.59 Å². The lowest BCUT2D eigenvalue weighted by Gasteiger charge is -2.31. The van der Waals surface area contributed by atoms with Crippen molar-refractivity contribution in [2.24, 2.45) is 5.92 Å². The van der Waals surface area contributed by atoms with E-state index < -0.39 is 29.6 Å². The predicted molar refractivity (Wildman–Crippen MR) is 196 cm³/mol. The standard InChI is InChI=1S/C40H43ClN6O4/c1-6-46-33-17-16-32(35(41)36(33)43-44-46)34(26(3)38(48)47-31(23-50-39(47)49)19-27-11-8-7-9-12-27)28-15-14-25(2)30(20-28)22-45-21-29-13-10-18-42-37(29)51-40(4,5)24-45/h7-18,20,26,31,34H,6,19,21-24H2,1-5H3/t26-,31?,34+/m1/s1. The molecule has 1 fully saturated rings. The highest BCUT2D eigenvalue weighted by Gasteiger charge is 2.43. The van der Waals surface area contributed by atoms with E-state index in [1.165, 1.54) is 4.90 Å². The third-order valence-corrected chi connectivity index (χ3v) is 10.4. The number of ether oxygens (including phenoxy) is 2. The van der Waals surface area contributed by atoms with Gasteiger partial charge in [-0.1, -0.05) is 84.4 Å². The van der Waals surface area contributed by atoms with Crippen molar-refractivity contribution in [2.75, 3.05) is 13.2 Å². The molecule has 0 aliphatic carbocycles. The van der Waals surface area contributed by atoms with E-state index in [-0.39, 0.29) is 12.5 Å². The molecule has 0 saturated carbocycles. The Balaban J connectivity index is 1.27. The van der Waals surface area contributed by atoms with E-state index in [0.29, 0.717) is 49.0 Å². The fourth-order valence-corrected chi connectivity index (χ4v) is 7.85. The number of aryl methyl sites for hydroxylation is 2. The van der Waals surface area contributed by atoms with E-state index in [2.05, 4.69) is 65.2 Å². The number of cyclic esters (lactones) is 1. The van der Waals surface area contributed by atoms with Gasteiger partial charge < -0.3 is 9.47 Å². The van der Waals surface area contributed by atoms with Crippen LogP contribution in [0, 0.1) is 12.8 Å². The molecule has 11 heteroatoms. The van der Waals surface area contributed by atoms with Crippen molar-refractivity contribution in [3.8, 4) is 5.88 Å². The quantitative estimate of drug-likeness (QED) is 0.157. The Morgan fingerprint density at radius 1 is 1.08 bits per heavy atom. The minimum absolute atomic E-state index is 0.146. The Bertz CT molecular complexity index is 2080. The largest absolute Gasteiger partial charge is 0.470 e. The van der Waals surface area contributed by atoms with Gasteiger partial charge in [0.1, 0.15) is 17.7 Å². The van der Waals surface area contributed by atoms with Crippen LogP contribution in [-0.4, -0.2) is 66.6 Å². The number of aromatic nitrogens is 4. The van der Waals surface area contributed by atoms with Gasteiger partial charge in [-0.05, 0) is 74.1 Å². The van der Waals surface area contributed by atoms with E-state index in [0.717, 1.165) is 38.9 Å². The maximum Gasteiger partial charge on any atom is 0.416 e. The number of amides is 2. The summed E-state index contributed by atoms with van der Waals surface area (Å²) in [5, 5.41) is 9.16. The van der Waals surface area contributed by atoms with Crippen molar-refractivity contribution < 1.29 is 19.1 Å². The fraction of sp³-hybridized carbons (Fsp3) is 0.375. The average Bonchev–Trinajstić information content (AvgIpc) is 3.67. The molecule has 0 spiro atoms. The van der Waals surface area contributed by atoms with Crippen LogP contribution in [0.1, 0.15) is 67.0 Å². The summed E-state index contributed by atoms with van der Waals surface area (Å²) in [6.45, 7) is 13.0. The van der Waals surface area contributed by atoms with Gasteiger partial charge in [0.05, 0.1) is 16.6 Å². The number of imide groups is 1. The van der Waals surface area contributed by atoms with Crippen LogP contribution in [0.25, 0.3) is 11.0 Å². The highest BCUT2D eigenvalue weighted by Crippen LogP contribution is 2.41. The number of hydrogen-bond acceptors (Lipinski definition) is 8. The monoisotopic (exact) mass is 706 g/mol. The summed E-state index contributed by atoms with van der Waals surface area (Å²) in [5.74, 6) is -0.822. The fourth-order valence-electron chi connectivity index (χ4n) is 7.53. The molecule has 3 aromatic carbocycles. The number of fused-ring (bicyclic) bond motifs is 2. The first-order chi connectivity index (χ1) is 24.5. The Kier molecular flexibility index (Phi) is 9.56. The van der Waals surface area contributed by atoms with Crippen LogP contribution in [0.5, 0.6) is 5.88 Å². The summed E-state index contributed by atoms with van der Waals surface area (Å²) in [4.78, 5) is 36.0. The summed E-state index contributed by atoms with van der Waals surface area (Å²) >= 11 is 7.19. The smallest absolute Gasteiger partial charge is 0.416 e. The number of nitrogens with zero attached hydrogens (tertiary/aromatic N) is 6. The summed E-state index contributed by atoms with van der Waals surface area (Å²) in [7, 11) is 0. The molecule has 2 aromatic heterocycles. The second-order valence-electron chi connectivity index (χ2n) is 14.3. The second kappa shape index (κ2) is 14.1. The molecule has 51 heavy (non-hydrogen) atoms. The zero-order valence-electron chi connectivity index (χ0n) is 29.7. The molecule has 0 bridgehead atoms. The third-order valence-electron chi connectivity index (χ3n) is 10.0. The van der Waals surface area contributed by atoms with Crippen LogP contribution in [-0.2, 0) is 35.6 Å². The lowest BCUT2D eigenvalue weighted by atomic mass is 9.79. The van der Waals surface area contributed by atoms with Gasteiger partial charge in [-0.25, -0.2) is 19.4 Å². The van der Waals surface area contributed by atoms with Crippen LogP contribution in [0.3, 0.4) is 0 Å². The topological polar surface area (TPSA) is 103 Å². The second-order valence-corrected chi connectivity index (χ2v) is 14.7. The lowest BCUT2D eigenvalue weighted by molar-refractivity contribution is -0.133. The molecule has 1 unspecified atom stereocenters. The van der Waals surface area contributed by atoms with Crippen molar-refractivity contribution in [3.63, 3.8) is 0 Å². The molecular formula is C40H43ClN6O4. The van der Waals surface area contributed by atoms with Crippen LogP contribution in [0.2, 0.25) is 5.02 Å². The van der Waals surface area contributed by atoms with E-state index in [4.69, 9.17) is 21.1 Å². The molecule has 1 saturated heterocycles. The number of carbonyl (C=O) groups excluding carboxylic acids is 2. The Morgan fingerprint density at radius 2 is 1.88 bits per heavy atom. The number of benzene rings is 3. The van der Waals surface area contributed by atoms with Crippen LogP contribution < -0.4 is 4.74 Å². The summed E-state index contributed by atoms with van der Waals surface area (Å²) in [6, 6.07) is 23.7. The Hall–Kier alpha value is -4.80. The van der Waals surface area contributed by atoms with Gasteiger partial charge in [0.25, 0.3) is 0 Å². The number of halogens is 1. The van der Waals surface area contributed by atoms with Crippen LogP contribution in [0.15, 0.2) is 79.0 Å². The molecule has 4 heterocycles. The minimum Gasteiger partial charge on any atom is -0.470 e. The van der Waals surface area contributed by atoms with Crippen LogP contribution >= 0.6 is 11.6 Å². The number of carbonyl (C=O) groups is 2. The molecule has 2 aliphatic rings. The first kappa shape index (κ1) is 34.6. The minimum atomic E-state index is -0.677. The van der Waals surface area contributed by atoms with E-state index >= 15 is 0 Å². The summed E-state index contributed by atoms with van der Waals surface area (Å²) < 4.78 is 13.6. The molecule has 5 aromatic rings. The Labute approximate surface area is 303 Å².